The Kier molecular flexibility index (Phi) is 36.0. The Labute approximate surface area is 312 Å². The summed E-state index contributed by atoms with van der Waals surface area (Å²) in [6, 6.07) is -2.12. The van der Waals surface area contributed by atoms with Gasteiger partial charge in [-0.25, -0.2) is 4.79 Å². The molecular weight excluding hydrogens is 644 g/mol. The molecular formula is C42H80N2O7. The van der Waals surface area contributed by atoms with Gasteiger partial charge in [0.2, 0.25) is 5.91 Å². The summed E-state index contributed by atoms with van der Waals surface area (Å²) in [4.78, 5) is 48.8. The summed E-state index contributed by atoms with van der Waals surface area (Å²) < 4.78 is 10.9. The Morgan fingerprint density at radius 2 is 0.863 bits per heavy atom. The third-order valence-corrected chi connectivity index (χ3v) is 9.75. The number of carbonyl (C=O) groups excluding carboxylic acids is 3. The number of aliphatic carboxylic acids is 1. The van der Waals surface area contributed by atoms with Crippen LogP contribution in [0.2, 0.25) is 0 Å². The normalized spacial score (nSPS) is 12.4. The molecule has 0 saturated carbocycles. The fourth-order valence-corrected chi connectivity index (χ4v) is 6.32. The fourth-order valence-electron chi connectivity index (χ4n) is 6.32. The summed E-state index contributed by atoms with van der Waals surface area (Å²) in [7, 11) is 0. The maximum absolute atomic E-state index is 12.9. The van der Waals surface area contributed by atoms with Crippen LogP contribution in [0.5, 0.6) is 0 Å². The van der Waals surface area contributed by atoms with Crippen molar-refractivity contribution in [2.75, 3.05) is 13.2 Å². The van der Waals surface area contributed by atoms with Gasteiger partial charge in [-0.2, -0.15) is 0 Å². The summed E-state index contributed by atoms with van der Waals surface area (Å²) in [5.41, 5.74) is 5.86. The van der Waals surface area contributed by atoms with Gasteiger partial charge in [-0.3, -0.25) is 14.4 Å². The topological polar surface area (TPSA) is 145 Å². The molecule has 0 rings (SSSR count). The van der Waals surface area contributed by atoms with Gasteiger partial charge in [0, 0.05) is 12.8 Å². The molecule has 0 aromatic rings. The zero-order valence-electron chi connectivity index (χ0n) is 33.2. The molecule has 1 amide bonds. The minimum atomic E-state index is -1.07. The first-order valence-corrected chi connectivity index (χ1v) is 21.4. The highest BCUT2D eigenvalue weighted by atomic mass is 16.5. The second-order valence-electron chi connectivity index (χ2n) is 14.7. The van der Waals surface area contributed by atoms with E-state index < -0.39 is 35.9 Å². The first-order valence-electron chi connectivity index (χ1n) is 21.4. The number of amides is 1. The number of hydrogen-bond acceptors (Lipinski definition) is 7. The van der Waals surface area contributed by atoms with Crippen LogP contribution in [0, 0.1) is 0 Å². The molecule has 2 unspecified atom stereocenters. The maximum Gasteiger partial charge on any atom is 0.328 e. The van der Waals surface area contributed by atoms with Gasteiger partial charge >= 0.3 is 17.9 Å². The van der Waals surface area contributed by atoms with Crippen molar-refractivity contribution >= 4 is 23.8 Å². The van der Waals surface area contributed by atoms with Gasteiger partial charge in [0.05, 0.1) is 19.3 Å². The molecule has 0 aromatic carbocycles. The first-order chi connectivity index (χ1) is 24.8. The van der Waals surface area contributed by atoms with Crippen LogP contribution in [0.15, 0.2) is 0 Å². The monoisotopic (exact) mass is 725 g/mol. The minimum Gasteiger partial charge on any atom is -0.481 e. The van der Waals surface area contributed by atoms with Crippen molar-refractivity contribution in [1.82, 2.24) is 5.32 Å². The Hall–Kier alpha value is -2.16. The zero-order valence-corrected chi connectivity index (χ0v) is 33.2. The van der Waals surface area contributed by atoms with Gasteiger partial charge in [-0.15, -0.1) is 0 Å². The number of carboxylic acids is 1. The van der Waals surface area contributed by atoms with Gasteiger partial charge in [0.25, 0.3) is 0 Å². The lowest BCUT2D eigenvalue weighted by molar-refractivity contribution is -0.149. The molecule has 0 fully saturated rings. The number of unbranched alkanes of at least 4 members (excludes halogenated alkanes) is 26. The van der Waals surface area contributed by atoms with E-state index in [9.17, 15) is 19.2 Å². The van der Waals surface area contributed by atoms with Crippen molar-refractivity contribution in [3.05, 3.63) is 0 Å². The predicted octanol–water partition coefficient (Wildman–Crippen LogP) is 10.5. The number of rotatable bonds is 39. The van der Waals surface area contributed by atoms with Crippen LogP contribution >= 0.6 is 0 Å². The summed E-state index contributed by atoms with van der Waals surface area (Å²) >= 11 is 0. The second kappa shape index (κ2) is 37.6. The quantitative estimate of drug-likeness (QED) is 0.0419. The SMILES string of the molecule is CCCCCCCCCCCCCCCCOC(=O)CCC(NC(=O)C(N)CCC(=O)O)C(=O)OCCCCCCCCCCCCCCCC. The zero-order chi connectivity index (χ0) is 37.6. The van der Waals surface area contributed by atoms with Crippen molar-refractivity contribution in [3.8, 4) is 0 Å². The summed E-state index contributed by atoms with van der Waals surface area (Å²) in [6.45, 7) is 5.10. The van der Waals surface area contributed by atoms with Crippen LogP contribution in [0.1, 0.15) is 219 Å². The summed E-state index contributed by atoms with van der Waals surface area (Å²) in [5.74, 6) is -2.71. The van der Waals surface area contributed by atoms with E-state index in [4.69, 9.17) is 20.3 Å². The Morgan fingerprint density at radius 1 is 0.510 bits per heavy atom. The first kappa shape index (κ1) is 48.8. The van der Waals surface area contributed by atoms with Crippen molar-refractivity contribution < 1.29 is 33.8 Å². The molecule has 0 spiro atoms. The molecule has 0 aliphatic rings. The third kappa shape index (κ3) is 34.7. The van der Waals surface area contributed by atoms with Crippen molar-refractivity contribution in [3.63, 3.8) is 0 Å². The van der Waals surface area contributed by atoms with Crippen LogP contribution in [0.3, 0.4) is 0 Å². The average molecular weight is 725 g/mol. The minimum absolute atomic E-state index is 0.0343. The molecule has 0 aliphatic heterocycles. The standard InChI is InChI=1S/C42H80N2O7/c1-3-5-7-9-11-13-15-17-19-21-23-25-27-29-35-50-40(47)34-32-38(44-41(48)37(43)31-33-39(45)46)42(49)51-36-30-28-26-24-22-20-18-16-14-12-10-8-6-4-2/h37-38H,3-36,43H2,1-2H3,(H,44,48)(H,45,46). The van der Waals surface area contributed by atoms with E-state index >= 15 is 0 Å². The molecule has 0 aliphatic carbocycles. The lowest BCUT2D eigenvalue weighted by atomic mass is 10.0. The molecule has 51 heavy (non-hydrogen) atoms. The Balaban J connectivity index is 4.22. The van der Waals surface area contributed by atoms with Crippen molar-refractivity contribution in [2.24, 2.45) is 5.73 Å². The number of nitrogens with one attached hydrogen (secondary N) is 1. The molecule has 0 aromatic heterocycles. The second-order valence-corrected chi connectivity index (χ2v) is 14.7. The third-order valence-electron chi connectivity index (χ3n) is 9.75. The largest absolute Gasteiger partial charge is 0.481 e. The molecule has 2 atom stereocenters. The molecule has 0 heterocycles. The van der Waals surface area contributed by atoms with Crippen molar-refractivity contribution in [2.45, 2.75) is 231 Å². The van der Waals surface area contributed by atoms with Gasteiger partial charge in [0.1, 0.15) is 6.04 Å². The molecule has 0 bridgehead atoms. The van der Waals surface area contributed by atoms with Gasteiger partial charge in [0.15, 0.2) is 0 Å². The lowest BCUT2D eigenvalue weighted by Gasteiger charge is -2.20. The van der Waals surface area contributed by atoms with E-state index in [1.165, 1.54) is 141 Å². The molecule has 9 heteroatoms. The average Bonchev–Trinajstić information content (AvgIpc) is 3.11. The highest BCUT2D eigenvalue weighted by Gasteiger charge is 2.26. The number of carbonyl (C=O) groups is 4. The van der Waals surface area contributed by atoms with E-state index in [0.717, 1.165) is 38.5 Å². The molecule has 0 radical (unpaired) electrons. The van der Waals surface area contributed by atoms with E-state index in [0.29, 0.717) is 6.61 Å². The van der Waals surface area contributed by atoms with Crippen LogP contribution in [0.4, 0.5) is 0 Å². The van der Waals surface area contributed by atoms with E-state index in [1.54, 1.807) is 0 Å². The number of carboxylic acid groups (broad SMARTS) is 1. The molecule has 9 nitrogen and oxygen atoms in total. The highest BCUT2D eigenvalue weighted by molar-refractivity contribution is 5.88. The van der Waals surface area contributed by atoms with Crippen LogP contribution in [-0.4, -0.2) is 54.2 Å². The fraction of sp³-hybridized carbons (Fsp3) is 0.905. The Morgan fingerprint density at radius 3 is 1.24 bits per heavy atom. The number of nitrogens with two attached hydrogens (primary N) is 1. The van der Waals surface area contributed by atoms with Crippen LogP contribution < -0.4 is 11.1 Å². The molecule has 300 valence electrons. The number of hydrogen-bond donors (Lipinski definition) is 3. The highest BCUT2D eigenvalue weighted by Crippen LogP contribution is 2.15. The smallest absolute Gasteiger partial charge is 0.328 e. The van der Waals surface area contributed by atoms with Crippen LogP contribution in [-0.2, 0) is 28.7 Å². The number of ether oxygens (including phenoxy) is 2. The predicted molar refractivity (Wildman–Crippen MR) is 209 cm³/mol. The van der Waals surface area contributed by atoms with E-state index in [-0.39, 0.29) is 32.3 Å². The maximum atomic E-state index is 12.9. The van der Waals surface area contributed by atoms with Gasteiger partial charge < -0.3 is 25.6 Å². The number of esters is 2. The van der Waals surface area contributed by atoms with Gasteiger partial charge in [-0.1, -0.05) is 181 Å². The van der Waals surface area contributed by atoms with Crippen LogP contribution in [0.25, 0.3) is 0 Å². The van der Waals surface area contributed by atoms with E-state index in [1.807, 2.05) is 0 Å². The van der Waals surface area contributed by atoms with Gasteiger partial charge in [-0.05, 0) is 25.7 Å². The van der Waals surface area contributed by atoms with E-state index in [2.05, 4.69) is 19.2 Å². The summed E-state index contributed by atoms with van der Waals surface area (Å²) in [6.07, 6.45) is 34.5. The lowest BCUT2D eigenvalue weighted by Crippen LogP contribution is -2.49. The van der Waals surface area contributed by atoms with Crippen molar-refractivity contribution in [1.29, 1.82) is 0 Å². The molecule has 4 N–H and O–H groups in total. The Bertz CT molecular complexity index is 838. The summed E-state index contributed by atoms with van der Waals surface area (Å²) in [5, 5.41) is 11.5. The molecule has 0 saturated heterocycles.